The minimum Gasteiger partial charge on any atom is -0.497 e. The molecule has 0 N–H and O–H groups in total. The van der Waals surface area contributed by atoms with Gasteiger partial charge in [0.25, 0.3) is 0 Å². The second-order valence-corrected chi connectivity index (χ2v) is 7.10. The third-order valence-corrected chi connectivity index (χ3v) is 5.56. The molecule has 1 fully saturated rings. The van der Waals surface area contributed by atoms with Gasteiger partial charge in [0, 0.05) is 9.58 Å². The molecule has 18 heavy (non-hydrogen) atoms. The van der Waals surface area contributed by atoms with E-state index in [-0.39, 0.29) is 0 Å². The van der Waals surface area contributed by atoms with E-state index < -0.39 is 0 Å². The van der Waals surface area contributed by atoms with Crippen molar-refractivity contribution < 1.29 is 4.74 Å². The highest BCUT2D eigenvalue weighted by Gasteiger charge is 2.36. The summed E-state index contributed by atoms with van der Waals surface area (Å²) in [6.45, 7) is 4.82. The molecule has 0 saturated heterocycles. The van der Waals surface area contributed by atoms with E-state index in [2.05, 4.69) is 38.1 Å². The van der Waals surface area contributed by atoms with E-state index in [1.807, 2.05) is 11.3 Å². The Bertz CT molecular complexity index is 567. The smallest absolute Gasteiger partial charge is 0.120 e. The van der Waals surface area contributed by atoms with E-state index in [0.717, 1.165) is 11.7 Å². The largest absolute Gasteiger partial charge is 0.497 e. The third kappa shape index (κ3) is 1.93. The number of hydrogen-bond acceptors (Lipinski definition) is 2. The van der Waals surface area contributed by atoms with Crippen LogP contribution in [0.5, 0.6) is 5.75 Å². The average Bonchev–Trinajstić information content (AvgIpc) is 2.90. The molecule has 1 saturated carbocycles. The Morgan fingerprint density at radius 1 is 1.28 bits per heavy atom. The standard InChI is InChI=1S/C16H20OS/c1-16(2)8-4-5-13(16)15-9-11-6-7-12(17-3)10-14(11)18-15/h6-7,9-10,13H,4-5,8H2,1-3H3. The second-order valence-electron chi connectivity index (χ2n) is 5.99. The van der Waals surface area contributed by atoms with Gasteiger partial charge in [0.2, 0.25) is 0 Å². The molecular formula is C16H20OS. The fourth-order valence-corrected chi connectivity index (χ4v) is 4.62. The Kier molecular flexibility index (Phi) is 2.86. The molecule has 96 valence electrons. The number of methoxy groups -OCH3 is 1. The molecule has 2 heteroatoms. The lowest BCUT2D eigenvalue weighted by Crippen LogP contribution is -2.14. The summed E-state index contributed by atoms with van der Waals surface area (Å²) in [4.78, 5) is 1.56. The maximum absolute atomic E-state index is 5.30. The highest BCUT2D eigenvalue weighted by atomic mass is 32.1. The van der Waals surface area contributed by atoms with Crippen LogP contribution in [0.3, 0.4) is 0 Å². The molecule has 1 aromatic heterocycles. The lowest BCUT2D eigenvalue weighted by molar-refractivity contribution is 0.336. The van der Waals surface area contributed by atoms with Crippen LogP contribution >= 0.6 is 11.3 Å². The number of benzene rings is 1. The molecule has 1 nitrogen and oxygen atoms in total. The van der Waals surface area contributed by atoms with Crippen LogP contribution in [0, 0.1) is 5.41 Å². The van der Waals surface area contributed by atoms with E-state index in [4.69, 9.17) is 4.74 Å². The molecule has 1 unspecified atom stereocenters. The maximum atomic E-state index is 5.30. The summed E-state index contributed by atoms with van der Waals surface area (Å²) in [5.74, 6) is 1.70. The Balaban J connectivity index is 2.03. The molecule has 0 bridgehead atoms. The second kappa shape index (κ2) is 4.27. The van der Waals surface area contributed by atoms with Crippen LogP contribution in [0.2, 0.25) is 0 Å². The van der Waals surface area contributed by atoms with Crippen molar-refractivity contribution >= 4 is 21.4 Å². The van der Waals surface area contributed by atoms with Gasteiger partial charge in [-0.1, -0.05) is 20.3 Å². The minimum absolute atomic E-state index is 0.463. The molecule has 1 atom stereocenters. The predicted octanol–water partition coefficient (Wildman–Crippen LogP) is 5.20. The van der Waals surface area contributed by atoms with Crippen molar-refractivity contribution in [2.75, 3.05) is 7.11 Å². The normalized spacial score (nSPS) is 22.5. The van der Waals surface area contributed by atoms with Gasteiger partial charge in [-0.15, -0.1) is 11.3 Å². The topological polar surface area (TPSA) is 9.23 Å². The highest BCUT2D eigenvalue weighted by Crippen LogP contribution is 2.51. The van der Waals surface area contributed by atoms with Crippen LogP contribution in [0.4, 0.5) is 0 Å². The summed E-state index contributed by atoms with van der Waals surface area (Å²) in [6, 6.07) is 8.78. The summed E-state index contributed by atoms with van der Waals surface area (Å²) in [7, 11) is 1.73. The van der Waals surface area contributed by atoms with Crippen molar-refractivity contribution in [3.63, 3.8) is 0 Å². The Morgan fingerprint density at radius 3 is 2.78 bits per heavy atom. The Labute approximate surface area is 113 Å². The molecule has 1 aliphatic rings. The van der Waals surface area contributed by atoms with Gasteiger partial charge in [-0.3, -0.25) is 0 Å². The van der Waals surface area contributed by atoms with Gasteiger partial charge in [0.05, 0.1) is 7.11 Å². The average molecular weight is 260 g/mol. The van der Waals surface area contributed by atoms with Crippen LogP contribution in [-0.2, 0) is 0 Å². The Morgan fingerprint density at radius 2 is 2.11 bits per heavy atom. The first kappa shape index (κ1) is 12.0. The fourth-order valence-electron chi connectivity index (χ4n) is 3.18. The zero-order valence-corrected chi connectivity index (χ0v) is 12.1. The number of fused-ring (bicyclic) bond motifs is 1. The first-order valence-corrected chi connectivity index (χ1v) is 7.49. The zero-order chi connectivity index (χ0) is 12.8. The zero-order valence-electron chi connectivity index (χ0n) is 11.3. The first-order chi connectivity index (χ1) is 8.60. The number of rotatable bonds is 2. The first-order valence-electron chi connectivity index (χ1n) is 6.68. The fraction of sp³-hybridized carbons (Fsp3) is 0.500. The lowest BCUT2D eigenvalue weighted by atomic mass is 9.81. The Hall–Kier alpha value is -1.02. The van der Waals surface area contributed by atoms with Gasteiger partial charge in [-0.05, 0) is 53.8 Å². The van der Waals surface area contributed by atoms with Crippen molar-refractivity contribution in [1.29, 1.82) is 0 Å². The molecule has 0 amide bonds. The van der Waals surface area contributed by atoms with Gasteiger partial charge in [0.15, 0.2) is 0 Å². The quantitative estimate of drug-likeness (QED) is 0.720. The molecule has 1 aliphatic carbocycles. The third-order valence-electron chi connectivity index (χ3n) is 4.35. The van der Waals surface area contributed by atoms with Gasteiger partial charge in [0.1, 0.15) is 5.75 Å². The summed E-state index contributed by atoms with van der Waals surface area (Å²) in [5, 5.41) is 1.36. The van der Waals surface area contributed by atoms with Gasteiger partial charge < -0.3 is 4.74 Å². The van der Waals surface area contributed by atoms with E-state index in [9.17, 15) is 0 Å². The minimum atomic E-state index is 0.463. The van der Waals surface area contributed by atoms with Crippen LogP contribution in [0.1, 0.15) is 43.9 Å². The van der Waals surface area contributed by atoms with Crippen molar-refractivity contribution in [3.8, 4) is 5.75 Å². The van der Waals surface area contributed by atoms with Crippen molar-refractivity contribution in [1.82, 2.24) is 0 Å². The molecule has 1 aromatic carbocycles. The summed E-state index contributed by atoms with van der Waals surface area (Å²) in [6.07, 6.45) is 4.07. The SMILES string of the molecule is COc1ccc2cc(C3CCCC3(C)C)sc2c1. The van der Waals surface area contributed by atoms with Gasteiger partial charge >= 0.3 is 0 Å². The molecule has 2 aromatic rings. The molecule has 0 spiro atoms. The predicted molar refractivity (Wildman–Crippen MR) is 78.8 cm³/mol. The van der Waals surface area contributed by atoms with Crippen LogP contribution in [-0.4, -0.2) is 7.11 Å². The summed E-state index contributed by atoms with van der Waals surface area (Å²) < 4.78 is 6.66. The summed E-state index contributed by atoms with van der Waals surface area (Å²) >= 11 is 1.95. The number of thiophene rings is 1. The monoisotopic (exact) mass is 260 g/mol. The van der Waals surface area contributed by atoms with E-state index in [1.54, 1.807) is 12.0 Å². The van der Waals surface area contributed by atoms with Crippen molar-refractivity contribution in [2.45, 2.75) is 39.0 Å². The van der Waals surface area contributed by atoms with E-state index in [0.29, 0.717) is 5.41 Å². The van der Waals surface area contributed by atoms with Crippen LogP contribution in [0.25, 0.3) is 10.1 Å². The lowest BCUT2D eigenvalue weighted by Gasteiger charge is -2.25. The van der Waals surface area contributed by atoms with Crippen LogP contribution in [0.15, 0.2) is 24.3 Å². The van der Waals surface area contributed by atoms with Crippen molar-refractivity contribution in [3.05, 3.63) is 29.1 Å². The number of hydrogen-bond donors (Lipinski definition) is 0. The van der Waals surface area contributed by atoms with E-state index in [1.165, 1.54) is 29.3 Å². The van der Waals surface area contributed by atoms with Gasteiger partial charge in [-0.2, -0.15) is 0 Å². The molecule has 3 rings (SSSR count). The van der Waals surface area contributed by atoms with Gasteiger partial charge in [-0.25, -0.2) is 0 Å². The molecule has 0 radical (unpaired) electrons. The van der Waals surface area contributed by atoms with E-state index >= 15 is 0 Å². The van der Waals surface area contributed by atoms with Crippen LogP contribution < -0.4 is 4.74 Å². The molecule has 0 aliphatic heterocycles. The maximum Gasteiger partial charge on any atom is 0.120 e. The van der Waals surface area contributed by atoms with Crippen molar-refractivity contribution in [2.24, 2.45) is 5.41 Å². The summed E-state index contributed by atoms with van der Waals surface area (Å²) in [5.41, 5.74) is 0.463. The highest BCUT2D eigenvalue weighted by molar-refractivity contribution is 7.19. The molecular weight excluding hydrogens is 240 g/mol. The number of ether oxygens (including phenoxy) is 1. The molecule has 1 heterocycles.